The standard InChI is InChI=1S/C19H29NO2/c1-5-17(20-18(21)19(3,6-2)22-4)16-12-11-14-9-7-8-10-15(14)13-16/h11-13,17H,5-10H2,1-4H3,(H,20,21). The van der Waals surface area contributed by atoms with E-state index in [-0.39, 0.29) is 11.9 Å². The topological polar surface area (TPSA) is 38.3 Å². The van der Waals surface area contributed by atoms with E-state index in [1.807, 2.05) is 13.8 Å². The molecule has 122 valence electrons. The minimum Gasteiger partial charge on any atom is -0.369 e. The summed E-state index contributed by atoms with van der Waals surface area (Å²) in [5, 5.41) is 3.17. The largest absolute Gasteiger partial charge is 0.369 e. The SMILES string of the molecule is CCC(NC(=O)C(C)(CC)OC)c1ccc2c(c1)CCCC2. The second-order valence-electron chi connectivity index (χ2n) is 6.46. The first-order valence-electron chi connectivity index (χ1n) is 8.52. The summed E-state index contributed by atoms with van der Waals surface area (Å²) in [7, 11) is 1.60. The van der Waals surface area contributed by atoms with E-state index in [2.05, 4.69) is 30.4 Å². The summed E-state index contributed by atoms with van der Waals surface area (Å²) in [6, 6.07) is 6.77. The Morgan fingerprint density at radius 3 is 2.55 bits per heavy atom. The van der Waals surface area contributed by atoms with Gasteiger partial charge in [-0.05, 0) is 62.1 Å². The Balaban J connectivity index is 2.16. The number of benzene rings is 1. The van der Waals surface area contributed by atoms with Crippen molar-refractivity contribution in [3.05, 3.63) is 34.9 Å². The lowest BCUT2D eigenvalue weighted by atomic mass is 9.88. The average Bonchev–Trinajstić information content (AvgIpc) is 2.58. The van der Waals surface area contributed by atoms with Gasteiger partial charge in [-0.2, -0.15) is 0 Å². The Hall–Kier alpha value is -1.35. The number of ether oxygens (including phenoxy) is 1. The van der Waals surface area contributed by atoms with Crippen molar-refractivity contribution < 1.29 is 9.53 Å². The summed E-state index contributed by atoms with van der Waals surface area (Å²) in [5.41, 5.74) is 3.40. The van der Waals surface area contributed by atoms with Crippen LogP contribution in [0, 0.1) is 0 Å². The van der Waals surface area contributed by atoms with E-state index in [0.29, 0.717) is 6.42 Å². The van der Waals surface area contributed by atoms with E-state index in [0.717, 1.165) is 12.8 Å². The number of aryl methyl sites for hydroxylation is 2. The minimum atomic E-state index is -0.748. The number of methoxy groups -OCH3 is 1. The zero-order valence-corrected chi connectivity index (χ0v) is 14.4. The van der Waals surface area contributed by atoms with Gasteiger partial charge in [-0.25, -0.2) is 0 Å². The molecule has 1 N–H and O–H groups in total. The van der Waals surface area contributed by atoms with Crippen LogP contribution in [0.3, 0.4) is 0 Å². The van der Waals surface area contributed by atoms with Crippen molar-refractivity contribution in [3.8, 4) is 0 Å². The summed E-state index contributed by atoms with van der Waals surface area (Å²) in [6.07, 6.45) is 6.47. The first-order valence-corrected chi connectivity index (χ1v) is 8.52. The fourth-order valence-corrected chi connectivity index (χ4v) is 3.10. The van der Waals surface area contributed by atoms with Crippen LogP contribution >= 0.6 is 0 Å². The van der Waals surface area contributed by atoms with Gasteiger partial charge in [0.1, 0.15) is 5.60 Å². The van der Waals surface area contributed by atoms with Crippen molar-refractivity contribution in [1.82, 2.24) is 5.32 Å². The highest BCUT2D eigenvalue weighted by atomic mass is 16.5. The fraction of sp³-hybridized carbons (Fsp3) is 0.632. The monoisotopic (exact) mass is 303 g/mol. The van der Waals surface area contributed by atoms with E-state index in [9.17, 15) is 4.79 Å². The molecule has 2 atom stereocenters. The van der Waals surface area contributed by atoms with E-state index < -0.39 is 5.60 Å². The highest BCUT2D eigenvalue weighted by molar-refractivity contribution is 5.85. The minimum absolute atomic E-state index is 0.0259. The van der Waals surface area contributed by atoms with Crippen LogP contribution in [-0.4, -0.2) is 18.6 Å². The molecule has 0 radical (unpaired) electrons. The summed E-state index contributed by atoms with van der Waals surface area (Å²) in [6.45, 7) is 5.94. The number of amides is 1. The zero-order valence-electron chi connectivity index (χ0n) is 14.4. The summed E-state index contributed by atoms with van der Waals surface area (Å²) in [4.78, 5) is 12.5. The molecule has 3 nitrogen and oxygen atoms in total. The maximum atomic E-state index is 12.5. The molecule has 1 amide bonds. The van der Waals surface area contributed by atoms with Crippen LogP contribution in [0.1, 0.15) is 69.2 Å². The molecule has 0 fully saturated rings. The average molecular weight is 303 g/mol. The summed E-state index contributed by atoms with van der Waals surface area (Å²) in [5.74, 6) is -0.0259. The Kier molecular flexibility index (Phi) is 5.63. The Morgan fingerprint density at radius 1 is 1.27 bits per heavy atom. The lowest BCUT2D eigenvalue weighted by molar-refractivity contribution is -0.142. The van der Waals surface area contributed by atoms with E-state index in [4.69, 9.17) is 4.74 Å². The Labute approximate surface area is 134 Å². The highest BCUT2D eigenvalue weighted by Gasteiger charge is 2.32. The third-order valence-corrected chi connectivity index (χ3v) is 5.09. The van der Waals surface area contributed by atoms with Crippen LogP contribution in [0.25, 0.3) is 0 Å². The van der Waals surface area contributed by atoms with Crippen LogP contribution in [-0.2, 0) is 22.4 Å². The number of carbonyl (C=O) groups is 1. The first-order chi connectivity index (χ1) is 10.5. The van der Waals surface area contributed by atoms with Crippen LogP contribution in [0.4, 0.5) is 0 Å². The van der Waals surface area contributed by atoms with Gasteiger partial charge in [0, 0.05) is 7.11 Å². The molecule has 0 saturated carbocycles. The molecule has 0 aromatic heterocycles. The van der Waals surface area contributed by atoms with E-state index >= 15 is 0 Å². The molecular weight excluding hydrogens is 274 g/mol. The first kappa shape index (κ1) is 17.0. The molecule has 2 unspecified atom stereocenters. The fourth-order valence-electron chi connectivity index (χ4n) is 3.10. The van der Waals surface area contributed by atoms with Crippen LogP contribution in [0.2, 0.25) is 0 Å². The van der Waals surface area contributed by atoms with Crippen molar-refractivity contribution in [1.29, 1.82) is 0 Å². The zero-order chi connectivity index (χ0) is 16.2. The lowest BCUT2D eigenvalue weighted by Crippen LogP contribution is -2.46. The second kappa shape index (κ2) is 7.28. The number of hydrogen-bond acceptors (Lipinski definition) is 2. The Bertz CT molecular complexity index is 520. The molecule has 0 bridgehead atoms. The molecule has 0 heterocycles. The van der Waals surface area contributed by atoms with Gasteiger partial charge in [0.2, 0.25) is 0 Å². The predicted molar refractivity (Wildman–Crippen MR) is 90.0 cm³/mol. The number of fused-ring (bicyclic) bond motifs is 1. The molecule has 0 saturated heterocycles. The highest BCUT2D eigenvalue weighted by Crippen LogP contribution is 2.27. The number of hydrogen-bond donors (Lipinski definition) is 1. The molecule has 22 heavy (non-hydrogen) atoms. The van der Waals surface area contributed by atoms with Crippen molar-refractivity contribution in [2.75, 3.05) is 7.11 Å². The third kappa shape index (κ3) is 3.52. The molecule has 1 aliphatic carbocycles. The van der Waals surface area contributed by atoms with Crippen LogP contribution < -0.4 is 5.32 Å². The number of carbonyl (C=O) groups excluding carboxylic acids is 1. The van der Waals surface area contributed by atoms with Crippen LogP contribution in [0.15, 0.2) is 18.2 Å². The summed E-state index contributed by atoms with van der Waals surface area (Å²) >= 11 is 0. The smallest absolute Gasteiger partial charge is 0.252 e. The Morgan fingerprint density at radius 2 is 1.95 bits per heavy atom. The molecule has 0 aliphatic heterocycles. The lowest BCUT2D eigenvalue weighted by Gasteiger charge is -2.29. The maximum absolute atomic E-state index is 12.5. The normalized spacial score (nSPS) is 18.2. The number of nitrogens with one attached hydrogen (secondary N) is 1. The van der Waals surface area contributed by atoms with E-state index in [1.54, 1.807) is 7.11 Å². The molecule has 1 aliphatic rings. The van der Waals surface area contributed by atoms with Gasteiger partial charge < -0.3 is 10.1 Å². The molecule has 3 heteroatoms. The van der Waals surface area contributed by atoms with Crippen molar-refractivity contribution >= 4 is 5.91 Å². The van der Waals surface area contributed by atoms with Gasteiger partial charge in [0.15, 0.2) is 0 Å². The van der Waals surface area contributed by atoms with Gasteiger partial charge in [-0.3, -0.25) is 4.79 Å². The second-order valence-corrected chi connectivity index (χ2v) is 6.46. The molecule has 0 spiro atoms. The maximum Gasteiger partial charge on any atom is 0.252 e. The molecular formula is C19H29NO2. The van der Waals surface area contributed by atoms with E-state index in [1.165, 1.54) is 36.0 Å². The predicted octanol–water partition coefficient (Wildman–Crippen LogP) is 3.95. The summed E-state index contributed by atoms with van der Waals surface area (Å²) < 4.78 is 5.41. The van der Waals surface area contributed by atoms with Crippen LogP contribution in [0.5, 0.6) is 0 Å². The van der Waals surface area contributed by atoms with Crippen molar-refractivity contribution in [3.63, 3.8) is 0 Å². The van der Waals surface area contributed by atoms with Gasteiger partial charge >= 0.3 is 0 Å². The van der Waals surface area contributed by atoms with Gasteiger partial charge in [0.25, 0.3) is 5.91 Å². The molecule has 2 rings (SSSR count). The molecule has 1 aromatic carbocycles. The van der Waals surface area contributed by atoms with Gasteiger partial charge in [0.05, 0.1) is 6.04 Å². The molecule has 1 aromatic rings. The quantitative estimate of drug-likeness (QED) is 0.864. The number of rotatable bonds is 6. The van der Waals surface area contributed by atoms with Crippen molar-refractivity contribution in [2.45, 2.75) is 70.9 Å². The van der Waals surface area contributed by atoms with Crippen molar-refractivity contribution in [2.24, 2.45) is 0 Å². The van der Waals surface area contributed by atoms with Gasteiger partial charge in [-0.1, -0.05) is 32.0 Å². The van der Waals surface area contributed by atoms with Gasteiger partial charge in [-0.15, -0.1) is 0 Å². The third-order valence-electron chi connectivity index (χ3n) is 5.09.